The number of benzene rings is 2. The standard InChI is InChI=1S/C21H25ClN2O/c1-14-12-21(2,3)24(4)19-8-6-15(10-17(14)19)13-23-18-11-16(22)7-9-20(18)25-5/h6-11,13-14H,12H2,1-5H3. The summed E-state index contributed by atoms with van der Waals surface area (Å²) in [6, 6.07) is 12.0. The number of nitrogens with zero attached hydrogens (tertiary/aromatic N) is 2. The maximum absolute atomic E-state index is 6.08. The maximum Gasteiger partial charge on any atom is 0.144 e. The summed E-state index contributed by atoms with van der Waals surface area (Å²) in [5, 5.41) is 0.649. The molecule has 4 heteroatoms. The number of rotatable bonds is 3. The van der Waals surface area contributed by atoms with E-state index in [0.29, 0.717) is 16.7 Å². The second kappa shape index (κ2) is 6.72. The van der Waals surface area contributed by atoms with Gasteiger partial charge in [0.25, 0.3) is 0 Å². The third-order valence-electron chi connectivity index (χ3n) is 5.15. The van der Waals surface area contributed by atoms with Crippen LogP contribution in [0.4, 0.5) is 11.4 Å². The third-order valence-corrected chi connectivity index (χ3v) is 5.39. The molecule has 1 unspecified atom stereocenters. The van der Waals surface area contributed by atoms with E-state index in [1.165, 1.54) is 11.3 Å². The largest absolute Gasteiger partial charge is 0.494 e. The van der Waals surface area contributed by atoms with Crippen molar-refractivity contribution in [1.82, 2.24) is 0 Å². The second-order valence-corrected chi connectivity index (χ2v) is 7.81. The Bertz CT molecular complexity index is 814. The summed E-state index contributed by atoms with van der Waals surface area (Å²) in [5.74, 6) is 1.24. The van der Waals surface area contributed by atoms with E-state index in [1.54, 1.807) is 13.2 Å². The highest BCUT2D eigenvalue weighted by Gasteiger charge is 2.33. The number of methoxy groups -OCH3 is 1. The summed E-state index contributed by atoms with van der Waals surface area (Å²) in [4.78, 5) is 6.96. The molecule has 0 radical (unpaired) electrons. The van der Waals surface area contributed by atoms with Crippen molar-refractivity contribution < 1.29 is 4.74 Å². The molecule has 2 aromatic rings. The molecule has 0 N–H and O–H groups in total. The molecule has 0 fully saturated rings. The molecule has 0 aliphatic carbocycles. The van der Waals surface area contributed by atoms with E-state index in [9.17, 15) is 0 Å². The van der Waals surface area contributed by atoms with Gasteiger partial charge in [-0.2, -0.15) is 0 Å². The summed E-state index contributed by atoms with van der Waals surface area (Å²) >= 11 is 6.08. The van der Waals surface area contributed by atoms with Crippen molar-refractivity contribution in [3.05, 3.63) is 52.5 Å². The normalized spacial score (nSPS) is 19.1. The van der Waals surface area contributed by atoms with Gasteiger partial charge in [-0.25, -0.2) is 0 Å². The molecule has 0 bridgehead atoms. The van der Waals surface area contributed by atoms with E-state index in [4.69, 9.17) is 16.3 Å². The highest BCUT2D eigenvalue weighted by molar-refractivity contribution is 6.30. The number of anilines is 1. The Morgan fingerprint density at radius 1 is 1.24 bits per heavy atom. The molecule has 1 atom stereocenters. The van der Waals surface area contributed by atoms with Gasteiger partial charge >= 0.3 is 0 Å². The average Bonchev–Trinajstić information content (AvgIpc) is 2.57. The highest BCUT2D eigenvalue weighted by atomic mass is 35.5. The predicted octanol–water partition coefficient (Wildman–Crippen LogP) is 5.82. The first-order valence-corrected chi connectivity index (χ1v) is 8.95. The minimum absolute atomic E-state index is 0.177. The van der Waals surface area contributed by atoms with E-state index in [0.717, 1.165) is 17.7 Å². The van der Waals surface area contributed by atoms with E-state index < -0.39 is 0 Å². The molecule has 25 heavy (non-hydrogen) atoms. The molecule has 3 rings (SSSR count). The summed E-state index contributed by atoms with van der Waals surface area (Å²) in [6.07, 6.45) is 3.01. The van der Waals surface area contributed by atoms with Crippen LogP contribution in [-0.4, -0.2) is 25.9 Å². The van der Waals surface area contributed by atoms with Crippen molar-refractivity contribution in [3.8, 4) is 5.75 Å². The Morgan fingerprint density at radius 3 is 2.72 bits per heavy atom. The van der Waals surface area contributed by atoms with Crippen molar-refractivity contribution in [2.75, 3.05) is 19.1 Å². The van der Waals surface area contributed by atoms with E-state index >= 15 is 0 Å². The summed E-state index contributed by atoms with van der Waals surface area (Å²) < 4.78 is 5.35. The van der Waals surface area contributed by atoms with Crippen molar-refractivity contribution in [1.29, 1.82) is 0 Å². The lowest BCUT2D eigenvalue weighted by Crippen LogP contribution is -2.45. The number of aliphatic imine (C=N–C) groups is 1. The molecule has 3 nitrogen and oxygen atoms in total. The first-order valence-electron chi connectivity index (χ1n) is 8.57. The van der Waals surface area contributed by atoms with Crippen molar-refractivity contribution in [2.24, 2.45) is 4.99 Å². The highest BCUT2D eigenvalue weighted by Crippen LogP contribution is 2.42. The predicted molar refractivity (Wildman–Crippen MR) is 107 cm³/mol. The third kappa shape index (κ3) is 3.52. The van der Waals surface area contributed by atoms with Gasteiger partial charge in [-0.15, -0.1) is 0 Å². The molecule has 0 spiro atoms. The van der Waals surface area contributed by atoms with Crippen LogP contribution in [0, 0.1) is 0 Å². The first-order chi connectivity index (χ1) is 11.8. The molecule has 0 aromatic heterocycles. The van der Waals surface area contributed by atoms with Gasteiger partial charge in [0, 0.05) is 29.5 Å². The van der Waals surface area contributed by atoms with Crippen molar-refractivity contribution >= 4 is 29.2 Å². The first kappa shape index (κ1) is 17.8. The van der Waals surface area contributed by atoms with Gasteiger partial charge in [0.15, 0.2) is 0 Å². The Hall–Kier alpha value is -2.00. The van der Waals surface area contributed by atoms with Crippen LogP contribution in [0.1, 0.15) is 44.2 Å². The quantitative estimate of drug-likeness (QED) is 0.647. The lowest BCUT2D eigenvalue weighted by molar-refractivity contribution is 0.395. The minimum atomic E-state index is 0.177. The van der Waals surface area contributed by atoms with Crippen LogP contribution in [0.3, 0.4) is 0 Å². The van der Waals surface area contributed by atoms with Crippen LogP contribution in [0.25, 0.3) is 0 Å². The van der Waals surface area contributed by atoms with Gasteiger partial charge in [0.05, 0.1) is 7.11 Å². The van der Waals surface area contributed by atoms with Crippen LogP contribution in [0.5, 0.6) is 5.75 Å². The van der Waals surface area contributed by atoms with Crippen molar-refractivity contribution in [2.45, 2.75) is 38.6 Å². The van der Waals surface area contributed by atoms with E-state index in [2.05, 4.69) is 55.9 Å². The molecule has 0 saturated heterocycles. The fourth-order valence-corrected chi connectivity index (χ4v) is 3.75. The summed E-state index contributed by atoms with van der Waals surface area (Å²) in [7, 11) is 3.82. The number of hydrogen-bond donors (Lipinski definition) is 0. The Balaban J connectivity index is 1.94. The summed E-state index contributed by atoms with van der Waals surface area (Å²) in [6.45, 7) is 6.90. The van der Waals surface area contributed by atoms with Crippen LogP contribution < -0.4 is 9.64 Å². The maximum atomic E-state index is 6.08. The Labute approximate surface area is 155 Å². The Morgan fingerprint density at radius 2 is 2.00 bits per heavy atom. The molecule has 1 aliphatic heterocycles. The zero-order valence-corrected chi connectivity index (χ0v) is 16.3. The van der Waals surface area contributed by atoms with E-state index in [-0.39, 0.29) is 5.54 Å². The minimum Gasteiger partial charge on any atom is -0.494 e. The summed E-state index contributed by atoms with van der Waals surface area (Å²) in [5.41, 5.74) is 4.68. The number of halogens is 1. The average molecular weight is 357 g/mol. The molecule has 2 aromatic carbocycles. The molecule has 1 aliphatic rings. The van der Waals surface area contributed by atoms with Gasteiger partial charge in [0.1, 0.15) is 11.4 Å². The smallest absolute Gasteiger partial charge is 0.144 e. The van der Waals surface area contributed by atoms with Crippen LogP contribution in [-0.2, 0) is 0 Å². The zero-order chi connectivity index (χ0) is 18.2. The van der Waals surface area contributed by atoms with Gasteiger partial charge < -0.3 is 9.64 Å². The van der Waals surface area contributed by atoms with Gasteiger partial charge in [-0.3, -0.25) is 4.99 Å². The number of fused-ring (bicyclic) bond motifs is 1. The number of hydrogen-bond acceptors (Lipinski definition) is 3. The van der Waals surface area contributed by atoms with Gasteiger partial charge in [-0.1, -0.05) is 24.6 Å². The van der Waals surface area contributed by atoms with Crippen molar-refractivity contribution in [3.63, 3.8) is 0 Å². The lowest BCUT2D eigenvalue weighted by Gasteiger charge is -2.45. The number of ether oxygens (including phenoxy) is 1. The topological polar surface area (TPSA) is 24.8 Å². The Kier molecular flexibility index (Phi) is 4.79. The van der Waals surface area contributed by atoms with Gasteiger partial charge in [0.2, 0.25) is 0 Å². The molecular formula is C21H25ClN2O. The zero-order valence-electron chi connectivity index (χ0n) is 15.5. The molecule has 132 valence electrons. The SMILES string of the molecule is COc1ccc(Cl)cc1N=Cc1ccc2c(c1)C(C)CC(C)(C)N2C. The van der Waals surface area contributed by atoms with Crippen LogP contribution in [0.2, 0.25) is 5.02 Å². The molecule has 0 saturated carbocycles. The fraction of sp³-hybridized carbons (Fsp3) is 0.381. The van der Waals surface area contributed by atoms with Gasteiger partial charge in [-0.05, 0) is 67.6 Å². The molecule has 0 amide bonds. The lowest BCUT2D eigenvalue weighted by atomic mass is 9.80. The molecule has 1 heterocycles. The van der Waals surface area contributed by atoms with Crippen LogP contribution >= 0.6 is 11.6 Å². The molecular weight excluding hydrogens is 332 g/mol. The monoisotopic (exact) mass is 356 g/mol. The van der Waals surface area contributed by atoms with Crippen LogP contribution in [0.15, 0.2) is 41.4 Å². The second-order valence-electron chi connectivity index (χ2n) is 7.37. The fourth-order valence-electron chi connectivity index (χ4n) is 3.58. The van der Waals surface area contributed by atoms with E-state index in [1.807, 2.05) is 18.3 Å².